The van der Waals surface area contributed by atoms with Crippen molar-refractivity contribution in [3.8, 4) is 0 Å². The van der Waals surface area contributed by atoms with Crippen molar-refractivity contribution < 1.29 is 9.59 Å². The van der Waals surface area contributed by atoms with Crippen molar-refractivity contribution in [1.82, 2.24) is 15.2 Å². The second-order valence-electron chi connectivity index (χ2n) is 8.66. The number of carbonyl (C=O) groups excluding carboxylic acids is 2. The van der Waals surface area contributed by atoms with E-state index < -0.39 is 0 Å². The van der Waals surface area contributed by atoms with Gasteiger partial charge in [-0.2, -0.15) is 0 Å². The van der Waals surface area contributed by atoms with E-state index in [9.17, 15) is 9.59 Å². The smallest absolute Gasteiger partial charge is 0.273 e. The summed E-state index contributed by atoms with van der Waals surface area (Å²) in [7, 11) is 0. The zero-order valence-electron chi connectivity index (χ0n) is 17.8. The molecule has 3 aromatic rings. The SMILES string of the molecule is C[C@H](NC(=O)c1c2c(nc3ccccc13)C(=O)N(C1CCCCC1)C2)c1ccccc1. The normalized spacial score (nSPS) is 17.6. The molecule has 0 saturated heterocycles. The molecule has 158 valence electrons. The van der Waals surface area contributed by atoms with Gasteiger partial charge in [-0.25, -0.2) is 4.98 Å². The summed E-state index contributed by atoms with van der Waals surface area (Å²) < 4.78 is 0. The molecule has 0 unspecified atom stereocenters. The fraction of sp³-hybridized carbons (Fsp3) is 0.346. The number of aromatic nitrogens is 1. The number of rotatable bonds is 4. The summed E-state index contributed by atoms with van der Waals surface area (Å²) in [6, 6.07) is 17.7. The topological polar surface area (TPSA) is 62.3 Å². The molecule has 1 aliphatic carbocycles. The Kier molecular flexibility index (Phi) is 5.18. The van der Waals surface area contributed by atoms with E-state index in [-0.39, 0.29) is 23.9 Å². The summed E-state index contributed by atoms with van der Waals surface area (Å²) in [5, 5.41) is 3.95. The minimum absolute atomic E-state index is 0.0298. The van der Waals surface area contributed by atoms with Crippen molar-refractivity contribution in [3.05, 3.63) is 77.0 Å². The largest absolute Gasteiger partial charge is 0.345 e. The fourth-order valence-corrected chi connectivity index (χ4v) is 5.00. The molecule has 1 N–H and O–H groups in total. The van der Waals surface area contributed by atoms with E-state index in [0.29, 0.717) is 23.3 Å². The lowest BCUT2D eigenvalue weighted by molar-refractivity contribution is 0.0655. The molecular weight excluding hydrogens is 386 g/mol. The second kappa shape index (κ2) is 8.14. The van der Waals surface area contributed by atoms with Crippen LogP contribution in [0.5, 0.6) is 0 Å². The van der Waals surface area contributed by atoms with E-state index in [2.05, 4.69) is 5.32 Å². The van der Waals surface area contributed by atoms with Gasteiger partial charge in [0.25, 0.3) is 11.8 Å². The molecule has 0 spiro atoms. The Bertz CT molecular complexity index is 1140. The molecule has 5 nitrogen and oxygen atoms in total. The Morgan fingerprint density at radius 1 is 1.03 bits per heavy atom. The molecule has 1 fully saturated rings. The van der Waals surface area contributed by atoms with Crippen LogP contribution in [0.4, 0.5) is 0 Å². The summed E-state index contributed by atoms with van der Waals surface area (Å²) in [5.41, 5.74) is 3.55. The molecule has 1 saturated carbocycles. The van der Waals surface area contributed by atoms with E-state index >= 15 is 0 Å². The van der Waals surface area contributed by atoms with Gasteiger partial charge in [-0.1, -0.05) is 67.8 Å². The molecule has 31 heavy (non-hydrogen) atoms. The Morgan fingerprint density at radius 3 is 2.52 bits per heavy atom. The molecule has 2 amide bonds. The molecule has 0 bridgehead atoms. The van der Waals surface area contributed by atoms with Crippen LogP contribution in [0.25, 0.3) is 10.9 Å². The third-order valence-electron chi connectivity index (χ3n) is 6.67. The van der Waals surface area contributed by atoms with Crippen molar-refractivity contribution in [3.63, 3.8) is 0 Å². The fourth-order valence-electron chi connectivity index (χ4n) is 5.00. The Balaban J connectivity index is 1.54. The van der Waals surface area contributed by atoms with Gasteiger partial charge in [0.2, 0.25) is 0 Å². The van der Waals surface area contributed by atoms with Gasteiger partial charge in [-0.15, -0.1) is 0 Å². The Hall–Kier alpha value is -3.21. The van der Waals surface area contributed by atoms with Crippen molar-refractivity contribution in [1.29, 1.82) is 0 Å². The van der Waals surface area contributed by atoms with Crippen LogP contribution in [-0.4, -0.2) is 27.7 Å². The van der Waals surface area contributed by atoms with Crippen LogP contribution in [0, 0.1) is 0 Å². The maximum Gasteiger partial charge on any atom is 0.273 e. The second-order valence-corrected chi connectivity index (χ2v) is 8.66. The minimum Gasteiger partial charge on any atom is -0.345 e. The summed E-state index contributed by atoms with van der Waals surface area (Å²) in [4.78, 5) is 33.5. The summed E-state index contributed by atoms with van der Waals surface area (Å²) in [6.07, 6.45) is 5.61. The van der Waals surface area contributed by atoms with Crippen LogP contribution < -0.4 is 5.32 Å². The maximum atomic E-state index is 13.5. The first-order chi connectivity index (χ1) is 15.1. The molecule has 0 radical (unpaired) electrons. The van der Waals surface area contributed by atoms with E-state index in [1.807, 2.05) is 66.4 Å². The van der Waals surface area contributed by atoms with Crippen molar-refractivity contribution in [2.75, 3.05) is 0 Å². The summed E-state index contributed by atoms with van der Waals surface area (Å²) in [5.74, 6) is -0.178. The van der Waals surface area contributed by atoms with Gasteiger partial charge in [0, 0.05) is 23.5 Å². The van der Waals surface area contributed by atoms with Crippen molar-refractivity contribution in [2.45, 2.75) is 57.7 Å². The van der Waals surface area contributed by atoms with E-state index in [0.717, 1.165) is 42.2 Å². The standard InChI is InChI=1S/C26H27N3O2/c1-17(18-10-4-2-5-11-18)27-25(30)23-20-14-8-9-15-22(20)28-24-21(23)16-29(26(24)31)19-12-6-3-7-13-19/h2,4-5,8-11,14-15,17,19H,3,6-7,12-13,16H2,1H3,(H,27,30)/t17-/m0/s1. The van der Waals surface area contributed by atoms with Crippen LogP contribution in [0.2, 0.25) is 0 Å². The highest BCUT2D eigenvalue weighted by atomic mass is 16.2. The third kappa shape index (κ3) is 3.58. The van der Waals surface area contributed by atoms with Gasteiger partial charge in [-0.3, -0.25) is 9.59 Å². The zero-order valence-corrected chi connectivity index (χ0v) is 17.8. The van der Waals surface area contributed by atoms with Crippen LogP contribution in [0.15, 0.2) is 54.6 Å². The number of carbonyl (C=O) groups is 2. The molecule has 2 heterocycles. The number of hydrogen-bond acceptors (Lipinski definition) is 3. The highest BCUT2D eigenvalue weighted by Crippen LogP contribution is 2.34. The molecule has 1 aliphatic heterocycles. The van der Waals surface area contributed by atoms with Gasteiger partial charge in [-0.05, 0) is 31.4 Å². The summed E-state index contributed by atoms with van der Waals surface area (Å²) in [6.45, 7) is 2.45. The molecule has 5 rings (SSSR count). The Morgan fingerprint density at radius 2 is 1.74 bits per heavy atom. The van der Waals surface area contributed by atoms with Crippen LogP contribution in [0.1, 0.15) is 77.0 Å². The number of benzene rings is 2. The van der Waals surface area contributed by atoms with Crippen molar-refractivity contribution in [2.24, 2.45) is 0 Å². The van der Waals surface area contributed by atoms with Crippen molar-refractivity contribution >= 4 is 22.7 Å². The lowest BCUT2D eigenvalue weighted by Gasteiger charge is -2.30. The number of nitrogens with one attached hydrogen (secondary N) is 1. The zero-order chi connectivity index (χ0) is 21.4. The van der Waals surface area contributed by atoms with Gasteiger partial charge < -0.3 is 10.2 Å². The first kappa shape index (κ1) is 19.7. The maximum absolute atomic E-state index is 13.5. The predicted octanol–water partition coefficient (Wildman–Crippen LogP) is 5.01. The molecule has 5 heteroatoms. The van der Waals surface area contributed by atoms with E-state index in [1.165, 1.54) is 6.42 Å². The van der Waals surface area contributed by atoms with Gasteiger partial charge >= 0.3 is 0 Å². The summed E-state index contributed by atoms with van der Waals surface area (Å²) >= 11 is 0. The Labute approximate surface area is 182 Å². The molecular formula is C26H27N3O2. The third-order valence-corrected chi connectivity index (χ3v) is 6.67. The number of amides is 2. The van der Waals surface area contributed by atoms with E-state index in [1.54, 1.807) is 0 Å². The minimum atomic E-state index is -0.149. The average molecular weight is 414 g/mol. The predicted molar refractivity (Wildman–Crippen MR) is 121 cm³/mol. The van der Waals surface area contributed by atoms with Gasteiger partial charge in [0.1, 0.15) is 5.69 Å². The first-order valence-electron chi connectivity index (χ1n) is 11.2. The van der Waals surface area contributed by atoms with Gasteiger partial charge in [0.15, 0.2) is 0 Å². The highest BCUT2D eigenvalue weighted by Gasteiger charge is 2.38. The molecule has 1 atom stereocenters. The highest BCUT2D eigenvalue weighted by molar-refractivity contribution is 6.12. The van der Waals surface area contributed by atoms with Crippen LogP contribution in [-0.2, 0) is 6.54 Å². The van der Waals surface area contributed by atoms with E-state index in [4.69, 9.17) is 4.98 Å². The number of para-hydroxylation sites is 1. The van der Waals surface area contributed by atoms with Crippen LogP contribution >= 0.6 is 0 Å². The average Bonchev–Trinajstić information content (AvgIpc) is 3.14. The van der Waals surface area contributed by atoms with Gasteiger partial charge in [0.05, 0.1) is 17.1 Å². The lowest BCUT2D eigenvalue weighted by atomic mass is 9.94. The number of nitrogens with zero attached hydrogens (tertiary/aromatic N) is 2. The number of fused-ring (bicyclic) bond motifs is 2. The number of pyridine rings is 1. The quantitative estimate of drug-likeness (QED) is 0.654. The number of hydrogen-bond donors (Lipinski definition) is 1. The monoisotopic (exact) mass is 413 g/mol. The van der Waals surface area contributed by atoms with Crippen LogP contribution in [0.3, 0.4) is 0 Å². The molecule has 2 aliphatic rings. The molecule has 2 aromatic carbocycles. The lowest BCUT2D eigenvalue weighted by Crippen LogP contribution is -2.37. The molecule has 1 aromatic heterocycles. The first-order valence-corrected chi connectivity index (χ1v) is 11.2.